The van der Waals surface area contributed by atoms with Crippen molar-refractivity contribution in [3.63, 3.8) is 0 Å². The van der Waals surface area contributed by atoms with Gasteiger partial charge in [-0.1, -0.05) is 24.3 Å². The van der Waals surface area contributed by atoms with Gasteiger partial charge >= 0.3 is 6.09 Å². The first-order valence-electron chi connectivity index (χ1n) is 9.10. The molecule has 0 bridgehead atoms. The number of rotatable bonds is 3. The van der Waals surface area contributed by atoms with Gasteiger partial charge in [0.2, 0.25) is 0 Å². The Morgan fingerprint density at radius 1 is 1.19 bits per heavy atom. The van der Waals surface area contributed by atoms with Crippen molar-refractivity contribution in [2.45, 2.75) is 45.3 Å². The van der Waals surface area contributed by atoms with Crippen molar-refractivity contribution in [1.82, 2.24) is 9.88 Å². The zero-order valence-corrected chi connectivity index (χ0v) is 16.0. The lowest BCUT2D eigenvalue weighted by molar-refractivity contribution is 0.0224. The summed E-state index contributed by atoms with van der Waals surface area (Å²) in [6.07, 6.45) is 3.43. The molecule has 1 aromatic heterocycles. The summed E-state index contributed by atoms with van der Waals surface area (Å²) in [5.74, 6) is 0.874. The number of amides is 1. The molecular weight excluding hydrogens is 326 g/mol. The van der Waals surface area contributed by atoms with Crippen LogP contribution in [0.2, 0.25) is 0 Å². The smallest absolute Gasteiger partial charge is 0.410 e. The van der Waals surface area contributed by atoms with Gasteiger partial charge in [-0.25, -0.2) is 9.78 Å². The summed E-state index contributed by atoms with van der Waals surface area (Å²) >= 11 is 0. The Hall–Kier alpha value is -2.56. The average Bonchev–Trinajstić information content (AvgIpc) is 3.10. The number of hydrogen-bond acceptors (Lipinski definition) is 4. The Morgan fingerprint density at radius 2 is 1.92 bits per heavy atom. The average molecular weight is 353 g/mol. The number of anilines is 2. The van der Waals surface area contributed by atoms with Crippen molar-refractivity contribution < 1.29 is 9.53 Å². The van der Waals surface area contributed by atoms with E-state index in [1.54, 1.807) is 6.20 Å². The molecule has 0 N–H and O–H groups in total. The lowest BCUT2D eigenvalue weighted by Gasteiger charge is -2.31. The van der Waals surface area contributed by atoms with Crippen molar-refractivity contribution >= 4 is 17.6 Å². The number of hydrogen-bond donors (Lipinski definition) is 0. The van der Waals surface area contributed by atoms with E-state index in [0.717, 1.165) is 29.9 Å². The summed E-state index contributed by atoms with van der Waals surface area (Å²) in [6.45, 7) is 6.40. The molecule has 1 aliphatic heterocycles. The Balaban J connectivity index is 1.90. The second kappa shape index (κ2) is 7.36. The summed E-state index contributed by atoms with van der Waals surface area (Å²) in [5.41, 5.74) is 1.62. The van der Waals surface area contributed by atoms with Crippen LogP contribution in [-0.4, -0.2) is 35.2 Å². The van der Waals surface area contributed by atoms with E-state index < -0.39 is 5.60 Å². The number of benzene rings is 1. The van der Waals surface area contributed by atoms with E-state index in [4.69, 9.17) is 4.74 Å². The zero-order chi connectivity index (χ0) is 18.7. The molecule has 3 rings (SSSR count). The molecule has 2 aromatic rings. The normalized spacial score (nSPS) is 17.2. The zero-order valence-electron chi connectivity index (χ0n) is 16.0. The molecule has 5 nitrogen and oxygen atoms in total. The molecule has 26 heavy (non-hydrogen) atoms. The molecule has 1 fully saturated rings. The number of likely N-dealkylation sites (tertiary alicyclic amines) is 1. The SMILES string of the molecule is CN(c1ccccc1)c1ncccc1C1CCCN1C(=O)OC(C)(C)C. The van der Waals surface area contributed by atoms with Crippen LogP contribution >= 0.6 is 0 Å². The molecule has 1 atom stereocenters. The molecule has 2 heterocycles. The molecule has 0 radical (unpaired) electrons. The quantitative estimate of drug-likeness (QED) is 0.785. The molecule has 1 saturated heterocycles. The molecule has 1 amide bonds. The molecule has 1 aromatic carbocycles. The summed E-state index contributed by atoms with van der Waals surface area (Å²) in [5, 5.41) is 0. The Bertz CT molecular complexity index is 755. The molecule has 138 valence electrons. The number of aromatic nitrogens is 1. The van der Waals surface area contributed by atoms with Crippen LogP contribution in [0.25, 0.3) is 0 Å². The van der Waals surface area contributed by atoms with E-state index in [0.29, 0.717) is 6.54 Å². The van der Waals surface area contributed by atoms with Crippen molar-refractivity contribution in [2.75, 3.05) is 18.5 Å². The number of para-hydroxylation sites is 1. The molecule has 0 spiro atoms. The maximum absolute atomic E-state index is 12.7. The van der Waals surface area contributed by atoms with Crippen molar-refractivity contribution in [1.29, 1.82) is 0 Å². The van der Waals surface area contributed by atoms with Gasteiger partial charge in [0.15, 0.2) is 0 Å². The third-order valence-electron chi connectivity index (χ3n) is 4.52. The van der Waals surface area contributed by atoms with Crippen molar-refractivity contribution in [2.24, 2.45) is 0 Å². The topological polar surface area (TPSA) is 45.7 Å². The number of nitrogens with zero attached hydrogens (tertiary/aromatic N) is 3. The van der Waals surface area contributed by atoms with E-state index >= 15 is 0 Å². The van der Waals surface area contributed by atoms with Gasteiger partial charge in [-0.05, 0) is 51.8 Å². The summed E-state index contributed by atoms with van der Waals surface area (Å²) in [6, 6.07) is 14.1. The predicted molar refractivity (Wildman–Crippen MR) is 104 cm³/mol. The van der Waals surface area contributed by atoms with Gasteiger partial charge in [0.05, 0.1) is 6.04 Å². The van der Waals surface area contributed by atoms with Gasteiger partial charge in [-0.3, -0.25) is 0 Å². The van der Waals surface area contributed by atoms with Gasteiger partial charge in [0, 0.05) is 31.0 Å². The molecule has 1 unspecified atom stereocenters. The first-order chi connectivity index (χ1) is 12.4. The van der Waals surface area contributed by atoms with Crippen LogP contribution in [0.5, 0.6) is 0 Å². The minimum absolute atomic E-state index is 0.0142. The predicted octanol–water partition coefficient (Wildman–Crippen LogP) is 4.92. The second-order valence-corrected chi connectivity index (χ2v) is 7.64. The molecular formula is C21H27N3O2. The fourth-order valence-electron chi connectivity index (χ4n) is 3.35. The lowest BCUT2D eigenvalue weighted by atomic mass is 10.0. The first kappa shape index (κ1) is 18.2. The highest BCUT2D eigenvalue weighted by Crippen LogP contribution is 2.38. The number of ether oxygens (including phenoxy) is 1. The maximum atomic E-state index is 12.7. The highest BCUT2D eigenvalue weighted by Gasteiger charge is 2.35. The summed E-state index contributed by atoms with van der Waals surface area (Å²) < 4.78 is 5.61. The van der Waals surface area contributed by atoms with E-state index in [2.05, 4.69) is 28.1 Å². The lowest BCUT2D eigenvalue weighted by Crippen LogP contribution is -2.36. The summed E-state index contributed by atoms with van der Waals surface area (Å²) in [7, 11) is 2.01. The number of carbonyl (C=O) groups is 1. The van der Waals surface area contributed by atoms with Gasteiger partial charge in [0.25, 0.3) is 0 Å². The molecule has 0 saturated carbocycles. The molecule has 5 heteroatoms. The van der Waals surface area contributed by atoms with Crippen LogP contribution in [0.3, 0.4) is 0 Å². The van der Waals surface area contributed by atoms with Gasteiger partial charge in [0.1, 0.15) is 11.4 Å². The second-order valence-electron chi connectivity index (χ2n) is 7.64. The highest BCUT2D eigenvalue weighted by molar-refractivity contribution is 5.70. The fraction of sp³-hybridized carbons (Fsp3) is 0.429. The third kappa shape index (κ3) is 3.98. The van der Waals surface area contributed by atoms with Gasteiger partial charge in [-0.2, -0.15) is 0 Å². The van der Waals surface area contributed by atoms with E-state index in [-0.39, 0.29) is 12.1 Å². The minimum Gasteiger partial charge on any atom is -0.444 e. The fourth-order valence-corrected chi connectivity index (χ4v) is 3.35. The molecule has 1 aliphatic rings. The Labute approximate surface area is 155 Å². The largest absolute Gasteiger partial charge is 0.444 e. The highest BCUT2D eigenvalue weighted by atomic mass is 16.6. The summed E-state index contributed by atoms with van der Waals surface area (Å²) in [4.78, 5) is 21.2. The number of pyridine rings is 1. The van der Waals surface area contributed by atoms with Crippen LogP contribution in [0, 0.1) is 0 Å². The van der Waals surface area contributed by atoms with Crippen molar-refractivity contribution in [3.05, 3.63) is 54.2 Å². The van der Waals surface area contributed by atoms with Gasteiger partial charge < -0.3 is 14.5 Å². The van der Waals surface area contributed by atoms with Crippen LogP contribution in [0.4, 0.5) is 16.3 Å². The van der Waals surface area contributed by atoms with Crippen molar-refractivity contribution in [3.8, 4) is 0 Å². The monoisotopic (exact) mass is 353 g/mol. The van der Waals surface area contributed by atoms with Crippen LogP contribution < -0.4 is 4.90 Å². The Morgan fingerprint density at radius 3 is 2.62 bits per heavy atom. The van der Waals surface area contributed by atoms with E-state index in [9.17, 15) is 4.79 Å². The Kier molecular flexibility index (Phi) is 5.16. The third-order valence-corrected chi connectivity index (χ3v) is 4.52. The van der Waals surface area contributed by atoms with E-state index in [1.807, 2.05) is 57.0 Å². The van der Waals surface area contributed by atoms with Crippen LogP contribution in [-0.2, 0) is 4.74 Å². The van der Waals surface area contributed by atoms with E-state index in [1.165, 1.54) is 0 Å². The maximum Gasteiger partial charge on any atom is 0.410 e. The minimum atomic E-state index is -0.497. The van der Waals surface area contributed by atoms with Crippen LogP contribution in [0.15, 0.2) is 48.7 Å². The van der Waals surface area contributed by atoms with Gasteiger partial charge in [-0.15, -0.1) is 0 Å². The van der Waals surface area contributed by atoms with Crippen LogP contribution in [0.1, 0.15) is 45.2 Å². The standard InChI is InChI=1S/C21H27N3O2/c1-21(2,3)26-20(25)24-15-9-13-18(24)17-12-8-14-22-19(17)23(4)16-10-6-5-7-11-16/h5-8,10-12,14,18H,9,13,15H2,1-4H3. The molecule has 0 aliphatic carbocycles. The number of carbonyl (C=O) groups excluding carboxylic acids is 1. The first-order valence-corrected chi connectivity index (χ1v) is 9.10.